The van der Waals surface area contributed by atoms with E-state index in [4.69, 9.17) is 19.5 Å². The van der Waals surface area contributed by atoms with Crippen molar-refractivity contribution in [1.82, 2.24) is 19.3 Å². The van der Waals surface area contributed by atoms with Crippen molar-refractivity contribution in [3.05, 3.63) is 54.5 Å². The number of rotatable bonds is 10. The Morgan fingerprint density at radius 2 is 1.91 bits per heavy atom. The third kappa shape index (κ3) is 6.28. The van der Waals surface area contributed by atoms with Crippen LogP contribution in [0.15, 0.2) is 48.8 Å². The highest BCUT2D eigenvalue weighted by Crippen LogP contribution is 2.58. The molecule has 0 radical (unpaired) electrons. The Morgan fingerprint density at radius 3 is 2.52 bits per heavy atom. The molecule has 18 heteroatoms. The summed E-state index contributed by atoms with van der Waals surface area (Å²) in [5.74, 6) is -2.98. The summed E-state index contributed by atoms with van der Waals surface area (Å²) in [6.45, 7) is 0.193. The Morgan fingerprint density at radius 1 is 1.24 bits per heavy atom. The van der Waals surface area contributed by atoms with E-state index < -0.39 is 68.4 Å². The molecule has 1 unspecified atom stereocenters. The number of benzene rings is 1. The molecule has 1 saturated carbocycles. The Labute approximate surface area is 260 Å². The van der Waals surface area contributed by atoms with Gasteiger partial charge in [0.05, 0.1) is 11.6 Å². The molecule has 2 aromatic heterocycles. The molecule has 0 amide bonds. The molecule has 3 heterocycles. The molecule has 46 heavy (non-hydrogen) atoms. The minimum absolute atomic E-state index is 0.0221. The van der Waals surface area contributed by atoms with Gasteiger partial charge in [-0.15, -0.1) is 0 Å². The number of nitrogens with two attached hydrogens (primary N) is 1. The van der Waals surface area contributed by atoms with Gasteiger partial charge in [0.1, 0.15) is 54.6 Å². The molecule has 5 rings (SSSR count). The van der Waals surface area contributed by atoms with Crippen LogP contribution < -0.4 is 10.3 Å². The number of hydrogen-bond acceptors (Lipinski definition) is 11. The number of aromatic nitrogens is 3. The van der Waals surface area contributed by atoms with Gasteiger partial charge in [-0.3, -0.25) is 9.32 Å². The van der Waals surface area contributed by atoms with Gasteiger partial charge in [-0.25, -0.2) is 14.1 Å². The Kier molecular flexibility index (Phi) is 9.33. The van der Waals surface area contributed by atoms with Gasteiger partial charge < -0.3 is 30.3 Å². The monoisotopic (exact) mass is 668 g/mol. The Bertz CT molecular complexity index is 1650. The SMILES string of the molecule is C[C@@H](C(=O)O)N(C1CCC(C(F)(F)F)CC1)P(=O)(OC[C@@]1(C#N)O[C@@H](c2ccc3c(N)ncnn23)[C@H](O)[C@@H]1O)Oc1ccccc1. The van der Waals surface area contributed by atoms with Crippen LogP contribution in [-0.4, -0.2) is 83.2 Å². The van der Waals surface area contributed by atoms with Crippen molar-refractivity contribution in [2.75, 3.05) is 12.3 Å². The smallest absolute Gasteiger partial charge is 0.462 e. The van der Waals surface area contributed by atoms with Crippen LogP contribution in [0.2, 0.25) is 0 Å². The van der Waals surface area contributed by atoms with Crippen molar-refractivity contribution in [3.8, 4) is 11.8 Å². The number of para-hydroxylation sites is 1. The van der Waals surface area contributed by atoms with Crippen molar-refractivity contribution in [1.29, 1.82) is 5.26 Å². The van der Waals surface area contributed by atoms with Gasteiger partial charge in [0.15, 0.2) is 5.82 Å². The molecule has 0 spiro atoms. The molecule has 14 nitrogen and oxygen atoms in total. The number of alkyl halides is 3. The summed E-state index contributed by atoms with van der Waals surface area (Å²) in [5.41, 5.74) is 4.07. The van der Waals surface area contributed by atoms with E-state index >= 15 is 0 Å². The highest BCUT2D eigenvalue weighted by atomic mass is 31.2. The molecule has 6 atom stereocenters. The van der Waals surface area contributed by atoms with E-state index in [0.717, 1.165) is 11.0 Å². The molecule has 0 bridgehead atoms. The number of fused-ring (bicyclic) bond motifs is 1. The van der Waals surface area contributed by atoms with E-state index in [2.05, 4.69) is 10.1 Å². The van der Waals surface area contributed by atoms with Crippen LogP contribution in [0.5, 0.6) is 5.75 Å². The molecule has 1 aliphatic heterocycles. The third-order valence-corrected chi connectivity index (χ3v) is 10.6. The number of nitrogen functional groups attached to an aromatic ring is 1. The van der Waals surface area contributed by atoms with E-state index in [1.54, 1.807) is 24.3 Å². The number of anilines is 1. The first-order chi connectivity index (χ1) is 21.7. The molecule has 1 aromatic carbocycles. The van der Waals surface area contributed by atoms with E-state index in [1.165, 1.54) is 35.7 Å². The van der Waals surface area contributed by atoms with Crippen molar-refractivity contribution in [3.63, 3.8) is 0 Å². The fourth-order valence-corrected chi connectivity index (χ4v) is 8.09. The number of carboxylic acid groups (broad SMARTS) is 1. The molecule has 248 valence electrons. The quantitative estimate of drug-likeness (QED) is 0.229. The lowest BCUT2D eigenvalue weighted by atomic mass is 9.85. The zero-order valence-electron chi connectivity index (χ0n) is 24.4. The highest BCUT2D eigenvalue weighted by Gasteiger charge is 2.58. The second-order valence-corrected chi connectivity index (χ2v) is 13.1. The molecular weight excluding hydrogens is 636 g/mol. The Hall–Kier alpha value is -3.78. The fourth-order valence-electron chi connectivity index (χ4n) is 5.92. The van der Waals surface area contributed by atoms with Crippen molar-refractivity contribution in [2.24, 2.45) is 5.92 Å². The number of aliphatic hydroxyl groups is 2. The van der Waals surface area contributed by atoms with Crippen molar-refractivity contribution >= 4 is 25.1 Å². The summed E-state index contributed by atoms with van der Waals surface area (Å²) in [5, 5.41) is 46.4. The topological polar surface area (TPSA) is 206 Å². The molecule has 2 fully saturated rings. The van der Waals surface area contributed by atoms with Crippen LogP contribution in [0.25, 0.3) is 5.52 Å². The first-order valence-corrected chi connectivity index (χ1v) is 15.8. The normalized spacial score (nSPS) is 28.9. The van der Waals surface area contributed by atoms with Crippen LogP contribution in [0.3, 0.4) is 0 Å². The molecular formula is C28H32F3N6O8P. The Balaban J connectivity index is 1.48. The summed E-state index contributed by atoms with van der Waals surface area (Å²) < 4.78 is 74.8. The van der Waals surface area contributed by atoms with Gasteiger partial charge in [0.25, 0.3) is 0 Å². The highest BCUT2D eigenvalue weighted by molar-refractivity contribution is 7.51. The lowest BCUT2D eigenvalue weighted by Gasteiger charge is -2.42. The van der Waals surface area contributed by atoms with Crippen LogP contribution in [0.1, 0.15) is 44.4 Å². The van der Waals surface area contributed by atoms with Gasteiger partial charge in [-0.2, -0.15) is 28.2 Å². The summed E-state index contributed by atoms with van der Waals surface area (Å²) in [7, 11) is -4.87. The minimum atomic E-state index is -4.87. The molecule has 2 aliphatic rings. The predicted molar refractivity (Wildman–Crippen MR) is 153 cm³/mol. The first kappa shape index (κ1) is 33.6. The molecule has 5 N–H and O–H groups in total. The number of aliphatic hydroxyl groups excluding tert-OH is 2. The van der Waals surface area contributed by atoms with E-state index in [9.17, 15) is 43.1 Å². The summed E-state index contributed by atoms with van der Waals surface area (Å²) >= 11 is 0. The number of hydrogen-bond donors (Lipinski definition) is 4. The third-order valence-electron chi connectivity index (χ3n) is 8.42. The molecule has 3 aromatic rings. The maximum absolute atomic E-state index is 14.8. The number of ether oxygens (including phenoxy) is 1. The van der Waals surface area contributed by atoms with Crippen LogP contribution in [0.4, 0.5) is 19.0 Å². The largest absolute Gasteiger partial charge is 0.480 e. The zero-order valence-corrected chi connectivity index (χ0v) is 25.3. The predicted octanol–water partition coefficient (Wildman–Crippen LogP) is 3.47. The van der Waals surface area contributed by atoms with Crippen LogP contribution in [-0.2, 0) is 18.6 Å². The van der Waals surface area contributed by atoms with Gasteiger partial charge in [-0.1, -0.05) is 18.2 Å². The molecule has 1 saturated heterocycles. The average molecular weight is 669 g/mol. The first-order valence-electron chi connectivity index (χ1n) is 14.3. The maximum Gasteiger partial charge on any atom is 0.462 e. The van der Waals surface area contributed by atoms with Crippen molar-refractivity contribution in [2.45, 2.75) is 74.8 Å². The van der Waals surface area contributed by atoms with E-state index in [0.29, 0.717) is 5.52 Å². The van der Waals surface area contributed by atoms with E-state index in [1.807, 2.05) is 0 Å². The molecule has 1 aliphatic carbocycles. The standard InChI is InChI=1S/C28H32F3N6O8P/c1-16(26(40)41)37(18-9-7-17(8-10-18)28(29,30)31)46(42,45-19-5-3-2-4-6-19)43-14-27(13-32)24(39)22(38)23(44-27)20-11-12-21-25(33)34-15-35-36(20)21/h2-6,11-12,15-18,22-24,38-39H,7-10,14H2,1H3,(H,40,41)(H2,33,34,35)/t16-,17?,18?,22-,23-,24-,27+,46?/m0/s1. The number of halogens is 3. The number of carbonyl (C=O) groups is 1. The number of nitrogens with zero attached hydrogens (tertiary/aromatic N) is 5. The van der Waals surface area contributed by atoms with Crippen LogP contribution in [0, 0.1) is 17.2 Å². The summed E-state index contributed by atoms with van der Waals surface area (Å²) in [6.07, 6.45) is -9.38. The van der Waals surface area contributed by atoms with Crippen LogP contribution >= 0.6 is 7.75 Å². The summed E-state index contributed by atoms with van der Waals surface area (Å²) in [6, 6.07) is 9.78. The number of carboxylic acids is 1. The second-order valence-electron chi connectivity index (χ2n) is 11.3. The summed E-state index contributed by atoms with van der Waals surface area (Å²) in [4.78, 5) is 16.1. The van der Waals surface area contributed by atoms with Gasteiger partial charge in [-0.05, 0) is 56.9 Å². The van der Waals surface area contributed by atoms with E-state index in [-0.39, 0.29) is 42.9 Å². The lowest BCUT2D eigenvalue weighted by Crippen LogP contribution is -2.49. The zero-order chi connectivity index (χ0) is 33.4. The minimum Gasteiger partial charge on any atom is -0.480 e. The average Bonchev–Trinajstić information content (AvgIpc) is 3.56. The van der Waals surface area contributed by atoms with Gasteiger partial charge in [0, 0.05) is 6.04 Å². The van der Waals surface area contributed by atoms with Crippen molar-refractivity contribution < 1.29 is 51.6 Å². The van der Waals surface area contributed by atoms with Gasteiger partial charge >= 0.3 is 19.9 Å². The fraction of sp³-hybridized carbons (Fsp3) is 0.500. The number of nitriles is 1. The number of aliphatic carboxylic acids is 1. The lowest BCUT2D eigenvalue weighted by molar-refractivity contribution is -0.184. The second kappa shape index (κ2) is 12.8. The maximum atomic E-state index is 14.8. The van der Waals surface area contributed by atoms with Gasteiger partial charge in [0.2, 0.25) is 5.60 Å².